The zero-order valence-electron chi connectivity index (χ0n) is 12.6. The molecular weight excluding hydrogens is 391 g/mol. The molecule has 7 heteroatoms. The average molecular weight is 418 g/mol. The molecule has 0 saturated heterocycles. The number of halogens is 1. The van der Waals surface area contributed by atoms with Crippen molar-refractivity contribution in [3.8, 4) is 0 Å². The van der Waals surface area contributed by atoms with Crippen LogP contribution in [0, 0.1) is 0 Å². The molecule has 0 saturated carbocycles. The van der Waals surface area contributed by atoms with Crippen LogP contribution in [0.2, 0.25) is 0 Å². The van der Waals surface area contributed by atoms with Crippen LogP contribution in [0.5, 0.6) is 0 Å². The Labute approximate surface area is 141 Å². The van der Waals surface area contributed by atoms with Gasteiger partial charge in [0, 0.05) is 4.43 Å². The maximum absolute atomic E-state index is 5.36. The van der Waals surface area contributed by atoms with Gasteiger partial charge in [-0.3, -0.25) is 0 Å². The van der Waals surface area contributed by atoms with E-state index in [4.69, 9.17) is 28.4 Å². The second kappa shape index (κ2) is 20.1. The first-order valence-electron chi connectivity index (χ1n) is 7.09. The highest BCUT2D eigenvalue weighted by Crippen LogP contribution is 1.85. The molecule has 0 heterocycles. The zero-order valence-corrected chi connectivity index (χ0v) is 14.8. The van der Waals surface area contributed by atoms with Crippen LogP contribution in [0.3, 0.4) is 0 Å². The summed E-state index contributed by atoms with van der Waals surface area (Å²) in [4.78, 5) is 0. The van der Waals surface area contributed by atoms with Gasteiger partial charge in [-0.25, -0.2) is 0 Å². The number of ether oxygens (including phenoxy) is 6. The van der Waals surface area contributed by atoms with Crippen LogP contribution >= 0.6 is 22.6 Å². The van der Waals surface area contributed by atoms with Gasteiger partial charge >= 0.3 is 0 Å². The molecular formula is C14H27IO6. The Morgan fingerprint density at radius 2 is 0.905 bits per heavy atom. The zero-order chi connectivity index (χ0) is 15.4. The van der Waals surface area contributed by atoms with Gasteiger partial charge in [0.25, 0.3) is 0 Å². The predicted molar refractivity (Wildman–Crippen MR) is 89.1 cm³/mol. The summed E-state index contributed by atoms with van der Waals surface area (Å²) in [7, 11) is 0. The van der Waals surface area contributed by atoms with E-state index >= 15 is 0 Å². The summed E-state index contributed by atoms with van der Waals surface area (Å²) >= 11 is 2.28. The monoisotopic (exact) mass is 418 g/mol. The Hall–Kier alpha value is 0.0700. The molecule has 6 nitrogen and oxygen atoms in total. The number of hydrogen-bond donors (Lipinski definition) is 0. The van der Waals surface area contributed by atoms with Gasteiger partial charge in [-0.15, -0.1) is 0 Å². The molecule has 0 aliphatic rings. The standard InChI is InChI=1S/C14H27IO6/c1-2-16-5-6-18-9-10-20-13-14-21-12-11-19-8-7-17-4-3-15/h2H,1,3-14H2. The van der Waals surface area contributed by atoms with Crippen molar-refractivity contribution in [2.75, 3.05) is 77.1 Å². The van der Waals surface area contributed by atoms with Gasteiger partial charge in [-0.1, -0.05) is 29.2 Å². The second-order valence-corrected chi connectivity index (χ2v) is 4.87. The molecule has 0 aliphatic heterocycles. The third kappa shape index (κ3) is 20.1. The van der Waals surface area contributed by atoms with Crippen LogP contribution in [0.4, 0.5) is 0 Å². The van der Waals surface area contributed by atoms with Gasteiger partial charge < -0.3 is 28.4 Å². The lowest BCUT2D eigenvalue weighted by Crippen LogP contribution is -2.14. The molecule has 0 aromatic heterocycles. The van der Waals surface area contributed by atoms with Gasteiger partial charge in [0.05, 0.1) is 72.3 Å². The van der Waals surface area contributed by atoms with Crippen LogP contribution in [0.1, 0.15) is 0 Å². The quantitative estimate of drug-likeness (QED) is 0.146. The summed E-state index contributed by atoms with van der Waals surface area (Å²) in [5.41, 5.74) is 0. The largest absolute Gasteiger partial charge is 0.499 e. The lowest BCUT2D eigenvalue weighted by molar-refractivity contribution is -0.0127. The minimum atomic E-state index is 0.524. The lowest BCUT2D eigenvalue weighted by Gasteiger charge is -2.07. The van der Waals surface area contributed by atoms with E-state index in [2.05, 4.69) is 29.2 Å². The van der Waals surface area contributed by atoms with Crippen molar-refractivity contribution < 1.29 is 28.4 Å². The molecule has 0 aliphatic carbocycles. The summed E-state index contributed by atoms with van der Waals surface area (Å²) in [6.07, 6.45) is 1.40. The summed E-state index contributed by atoms with van der Waals surface area (Å²) < 4.78 is 32.5. The number of hydrogen-bond acceptors (Lipinski definition) is 6. The topological polar surface area (TPSA) is 55.4 Å². The highest BCUT2D eigenvalue weighted by molar-refractivity contribution is 14.1. The van der Waals surface area contributed by atoms with Crippen molar-refractivity contribution in [2.24, 2.45) is 0 Å². The molecule has 0 spiro atoms. The Kier molecular flexibility index (Phi) is 20.1. The minimum Gasteiger partial charge on any atom is -0.499 e. The molecule has 21 heavy (non-hydrogen) atoms. The SMILES string of the molecule is C=COCCOCCOCCOCCOCCOCCI. The summed E-state index contributed by atoms with van der Waals surface area (Å²) in [5.74, 6) is 0. The van der Waals surface area contributed by atoms with E-state index in [1.54, 1.807) is 0 Å². The maximum Gasteiger partial charge on any atom is 0.111 e. The molecule has 0 aromatic carbocycles. The highest BCUT2D eigenvalue weighted by atomic mass is 127. The van der Waals surface area contributed by atoms with Gasteiger partial charge in [0.15, 0.2) is 0 Å². The normalized spacial score (nSPS) is 10.7. The van der Waals surface area contributed by atoms with Crippen molar-refractivity contribution in [3.05, 3.63) is 12.8 Å². The smallest absolute Gasteiger partial charge is 0.111 e. The van der Waals surface area contributed by atoms with Crippen LogP contribution in [-0.2, 0) is 28.4 Å². The van der Waals surface area contributed by atoms with Gasteiger partial charge in [0.1, 0.15) is 6.61 Å². The maximum atomic E-state index is 5.36. The van der Waals surface area contributed by atoms with E-state index in [0.717, 1.165) is 11.0 Å². The molecule has 0 rings (SSSR count). The molecule has 0 N–H and O–H groups in total. The number of rotatable bonds is 18. The predicted octanol–water partition coefficient (Wildman–Crippen LogP) is 1.66. The Morgan fingerprint density at radius 3 is 1.24 bits per heavy atom. The van der Waals surface area contributed by atoms with Gasteiger partial charge in [0.2, 0.25) is 0 Å². The fourth-order valence-corrected chi connectivity index (χ4v) is 1.54. The first kappa shape index (κ1) is 21.1. The molecule has 0 aromatic rings. The van der Waals surface area contributed by atoms with E-state index in [9.17, 15) is 0 Å². The van der Waals surface area contributed by atoms with Crippen LogP contribution in [0.15, 0.2) is 12.8 Å². The first-order chi connectivity index (χ1) is 10.4. The Bertz CT molecular complexity index is 206. The van der Waals surface area contributed by atoms with Gasteiger partial charge in [-0.05, 0) is 0 Å². The Balaban J connectivity index is 2.91. The van der Waals surface area contributed by atoms with Crippen molar-refractivity contribution in [3.63, 3.8) is 0 Å². The van der Waals surface area contributed by atoms with E-state index in [0.29, 0.717) is 66.1 Å². The molecule has 0 amide bonds. The molecule has 0 radical (unpaired) electrons. The Morgan fingerprint density at radius 1 is 0.571 bits per heavy atom. The lowest BCUT2D eigenvalue weighted by atomic mass is 10.7. The molecule has 126 valence electrons. The molecule has 0 fully saturated rings. The van der Waals surface area contributed by atoms with Crippen molar-refractivity contribution in [1.82, 2.24) is 0 Å². The summed E-state index contributed by atoms with van der Waals surface area (Å²) in [6.45, 7) is 9.94. The van der Waals surface area contributed by atoms with E-state index in [-0.39, 0.29) is 0 Å². The van der Waals surface area contributed by atoms with Crippen LogP contribution < -0.4 is 0 Å². The number of alkyl halides is 1. The van der Waals surface area contributed by atoms with E-state index in [1.807, 2.05) is 0 Å². The molecule has 0 bridgehead atoms. The average Bonchev–Trinajstić information content (AvgIpc) is 2.50. The molecule has 0 unspecified atom stereocenters. The molecule has 0 atom stereocenters. The van der Waals surface area contributed by atoms with E-state index in [1.165, 1.54) is 6.26 Å². The van der Waals surface area contributed by atoms with Crippen LogP contribution in [0.25, 0.3) is 0 Å². The third-order valence-electron chi connectivity index (χ3n) is 2.17. The summed E-state index contributed by atoms with van der Waals surface area (Å²) in [5, 5.41) is 0. The van der Waals surface area contributed by atoms with Crippen molar-refractivity contribution >= 4 is 22.6 Å². The fraction of sp³-hybridized carbons (Fsp3) is 0.857. The summed E-state index contributed by atoms with van der Waals surface area (Å²) in [6, 6.07) is 0. The first-order valence-corrected chi connectivity index (χ1v) is 8.61. The van der Waals surface area contributed by atoms with Gasteiger partial charge in [-0.2, -0.15) is 0 Å². The highest BCUT2D eigenvalue weighted by Gasteiger charge is 1.93. The second-order valence-electron chi connectivity index (χ2n) is 3.79. The van der Waals surface area contributed by atoms with Crippen molar-refractivity contribution in [2.45, 2.75) is 0 Å². The fourth-order valence-electron chi connectivity index (χ4n) is 1.23. The van der Waals surface area contributed by atoms with Crippen molar-refractivity contribution in [1.29, 1.82) is 0 Å². The van der Waals surface area contributed by atoms with E-state index < -0.39 is 0 Å². The third-order valence-corrected chi connectivity index (χ3v) is 2.61. The van der Waals surface area contributed by atoms with Crippen LogP contribution in [-0.4, -0.2) is 77.1 Å². The minimum absolute atomic E-state index is 0.524.